The molecule has 1 aliphatic heterocycles. The lowest BCUT2D eigenvalue weighted by Gasteiger charge is -2.17. The normalized spacial score (nSPS) is 13.9. The SMILES string of the molecule is Br.Nc1cccc2c1CC(c1cccc(C(F)(F)F)c1)=NC2=O. The van der Waals surface area contributed by atoms with Crippen molar-refractivity contribution >= 4 is 34.3 Å². The fraction of sp³-hybridized carbons (Fsp3) is 0.125. The van der Waals surface area contributed by atoms with Crippen LogP contribution < -0.4 is 5.73 Å². The van der Waals surface area contributed by atoms with Crippen molar-refractivity contribution in [3.8, 4) is 0 Å². The lowest BCUT2D eigenvalue weighted by Crippen LogP contribution is -2.19. The zero-order valence-corrected chi connectivity index (χ0v) is 13.4. The Kier molecular flexibility index (Phi) is 4.61. The van der Waals surface area contributed by atoms with E-state index in [9.17, 15) is 18.0 Å². The predicted octanol–water partition coefficient (Wildman–Crippen LogP) is 4.05. The maximum Gasteiger partial charge on any atom is 0.416 e. The first-order chi connectivity index (χ1) is 10.4. The molecule has 0 aliphatic carbocycles. The van der Waals surface area contributed by atoms with Gasteiger partial charge < -0.3 is 5.73 Å². The van der Waals surface area contributed by atoms with Gasteiger partial charge in [0.05, 0.1) is 11.3 Å². The van der Waals surface area contributed by atoms with Crippen LogP contribution >= 0.6 is 17.0 Å². The van der Waals surface area contributed by atoms with Crippen LogP contribution in [-0.2, 0) is 12.6 Å². The van der Waals surface area contributed by atoms with Crippen molar-refractivity contribution < 1.29 is 18.0 Å². The number of fused-ring (bicyclic) bond motifs is 1. The molecule has 0 spiro atoms. The number of halogens is 4. The molecule has 1 amide bonds. The van der Waals surface area contributed by atoms with Gasteiger partial charge in [0, 0.05) is 17.7 Å². The maximum absolute atomic E-state index is 12.8. The van der Waals surface area contributed by atoms with E-state index in [-0.39, 0.29) is 29.0 Å². The number of carbonyl (C=O) groups excluding carboxylic acids is 1. The summed E-state index contributed by atoms with van der Waals surface area (Å²) in [5.41, 5.74) is 7.09. The third-order valence-electron chi connectivity index (χ3n) is 3.55. The molecule has 0 saturated heterocycles. The third kappa shape index (κ3) is 3.29. The average Bonchev–Trinajstić information content (AvgIpc) is 2.47. The molecule has 2 aromatic carbocycles. The number of amides is 1. The Balaban J connectivity index is 0.00000192. The molecule has 1 heterocycles. The minimum Gasteiger partial charge on any atom is -0.398 e. The fourth-order valence-electron chi connectivity index (χ4n) is 2.43. The third-order valence-corrected chi connectivity index (χ3v) is 3.55. The standard InChI is InChI=1S/C16H11F3N2O.BrH/c17-16(18,19)10-4-1-3-9(7-10)14-8-12-11(15(22)21-14)5-2-6-13(12)20;/h1-7H,8,20H2;1H. The molecular weight excluding hydrogens is 373 g/mol. The molecule has 0 atom stereocenters. The van der Waals surface area contributed by atoms with Crippen molar-refractivity contribution in [3.05, 3.63) is 64.7 Å². The molecule has 2 N–H and O–H groups in total. The second kappa shape index (κ2) is 6.16. The highest BCUT2D eigenvalue weighted by molar-refractivity contribution is 8.93. The van der Waals surface area contributed by atoms with Crippen molar-refractivity contribution in [2.45, 2.75) is 12.6 Å². The van der Waals surface area contributed by atoms with Crippen LogP contribution in [0.2, 0.25) is 0 Å². The van der Waals surface area contributed by atoms with E-state index >= 15 is 0 Å². The number of nitrogens with zero attached hydrogens (tertiary/aromatic N) is 1. The number of nitrogens with two attached hydrogens (primary N) is 1. The highest BCUT2D eigenvalue weighted by atomic mass is 79.9. The molecule has 3 rings (SSSR count). The highest BCUT2D eigenvalue weighted by Gasteiger charge is 2.31. The van der Waals surface area contributed by atoms with Gasteiger partial charge in [0.2, 0.25) is 0 Å². The van der Waals surface area contributed by atoms with Crippen LogP contribution in [0.5, 0.6) is 0 Å². The minimum absolute atomic E-state index is 0. The van der Waals surface area contributed by atoms with Crippen LogP contribution in [0.4, 0.5) is 18.9 Å². The molecule has 1 aliphatic rings. The van der Waals surface area contributed by atoms with Gasteiger partial charge in [-0.1, -0.05) is 18.2 Å². The molecule has 0 unspecified atom stereocenters. The van der Waals surface area contributed by atoms with Gasteiger partial charge in [-0.25, -0.2) is 4.99 Å². The molecule has 3 nitrogen and oxygen atoms in total. The van der Waals surface area contributed by atoms with Crippen LogP contribution in [0.15, 0.2) is 47.5 Å². The number of alkyl halides is 3. The van der Waals surface area contributed by atoms with E-state index in [2.05, 4.69) is 4.99 Å². The number of carbonyl (C=O) groups is 1. The van der Waals surface area contributed by atoms with Gasteiger partial charge in [-0.2, -0.15) is 13.2 Å². The van der Waals surface area contributed by atoms with E-state index in [0.29, 0.717) is 22.5 Å². The number of aliphatic imine (C=N–C) groups is 1. The van der Waals surface area contributed by atoms with E-state index in [4.69, 9.17) is 5.73 Å². The Morgan fingerprint density at radius 3 is 2.48 bits per heavy atom. The van der Waals surface area contributed by atoms with E-state index in [1.165, 1.54) is 12.1 Å². The molecule has 7 heteroatoms. The molecule has 0 radical (unpaired) electrons. The topological polar surface area (TPSA) is 55.4 Å². The predicted molar refractivity (Wildman–Crippen MR) is 87.2 cm³/mol. The summed E-state index contributed by atoms with van der Waals surface area (Å²) >= 11 is 0. The van der Waals surface area contributed by atoms with Gasteiger partial charge in [0.1, 0.15) is 0 Å². The summed E-state index contributed by atoms with van der Waals surface area (Å²) in [5, 5.41) is 0. The Morgan fingerprint density at radius 2 is 1.78 bits per heavy atom. The Hall–Kier alpha value is -2.15. The number of rotatable bonds is 1. The largest absolute Gasteiger partial charge is 0.416 e. The minimum atomic E-state index is -4.44. The first-order valence-electron chi connectivity index (χ1n) is 6.53. The second-order valence-corrected chi connectivity index (χ2v) is 4.99. The van der Waals surface area contributed by atoms with Crippen molar-refractivity contribution in [1.29, 1.82) is 0 Å². The lowest BCUT2D eigenvalue weighted by atomic mass is 9.93. The zero-order chi connectivity index (χ0) is 15.9. The molecule has 0 fully saturated rings. The molecule has 0 bridgehead atoms. The summed E-state index contributed by atoms with van der Waals surface area (Å²) in [6, 6.07) is 9.70. The van der Waals surface area contributed by atoms with Crippen molar-refractivity contribution in [2.75, 3.05) is 5.73 Å². The summed E-state index contributed by atoms with van der Waals surface area (Å²) in [5.74, 6) is -0.485. The smallest absolute Gasteiger partial charge is 0.398 e. The number of hydrogen-bond acceptors (Lipinski definition) is 2. The number of nitrogen functional groups attached to an aromatic ring is 1. The monoisotopic (exact) mass is 384 g/mol. The first-order valence-corrected chi connectivity index (χ1v) is 6.53. The van der Waals surface area contributed by atoms with Gasteiger partial charge in [-0.3, -0.25) is 4.79 Å². The van der Waals surface area contributed by atoms with Gasteiger partial charge in [-0.05, 0) is 35.4 Å². The lowest BCUT2D eigenvalue weighted by molar-refractivity contribution is -0.137. The molecule has 2 aromatic rings. The number of hydrogen-bond donors (Lipinski definition) is 1. The van der Waals surface area contributed by atoms with Crippen molar-refractivity contribution in [2.24, 2.45) is 4.99 Å². The number of benzene rings is 2. The van der Waals surface area contributed by atoms with Crippen LogP contribution in [0.25, 0.3) is 0 Å². The van der Waals surface area contributed by atoms with Gasteiger partial charge in [0.15, 0.2) is 0 Å². The van der Waals surface area contributed by atoms with Gasteiger partial charge in [-0.15, -0.1) is 17.0 Å². The Morgan fingerprint density at radius 1 is 1.09 bits per heavy atom. The highest BCUT2D eigenvalue weighted by Crippen LogP contribution is 2.31. The van der Waals surface area contributed by atoms with E-state index < -0.39 is 17.6 Å². The van der Waals surface area contributed by atoms with Crippen LogP contribution in [0, 0.1) is 0 Å². The fourth-order valence-corrected chi connectivity index (χ4v) is 2.43. The Bertz CT molecular complexity index is 800. The zero-order valence-electron chi connectivity index (χ0n) is 11.7. The Labute approximate surface area is 140 Å². The molecule has 120 valence electrons. The summed E-state index contributed by atoms with van der Waals surface area (Å²) in [6.45, 7) is 0. The van der Waals surface area contributed by atoms with Crippen LogP contribution in [0.1, 0.15) is 27.0 Å². The van der Waals surface area contributed by atoms with Crippen LogP contribution in [-0.4, -0.2) is 11.6 Å². The second-order valence-electron chi connectivity index (χ2n) is 4.99. The summed E-state index contributed by atoms with van der Waals surface area (Å²) in [7, 11) is 0. The molecule has 23 heavy (non-hydrogen) atoms. The summed E-state index contributed by atoms with van der Waals surface area (Å²) < 4.78 is 38.4. The van der Waals surface area contributed by atoms with E-state index in [1.807, 2.05) is 0 Å². The molecular formula is C16H12BrF3N2O. The molecule has 0 saturated carbocycles. The van der Waals surface area contributed by atoms with Gasteiger partial charge in [0.25, 0.3) is 5.91 Å². The van der Waals surface area contributed by atoms with Crippen LogP contribution in [0.3, 0.4) is 0 Å². The number of anilines is 1. The van der Waals surface area contributed by atoms with E-state index in [0.717, 1.165) is 12.1 Å². The van der Waals surface area contributed by atoms with Crippen molar-refractivity contribution in [1.82, 2.24) is 0 Å². The summed E-state index contributed by atoms with van der Waals surface area (Å²) in [4.78, 5) is 16.0. The van der Waals surface area contributed by atoms with Crippen molar-refractivity contribution in [3.63, 3.8) is 0 Å². The summed E-state index contributed by atoms with van der Waals surface area (Å²) in [6.07, 6.45) is -4.21. The maximum atomic E-state index is 12.8. The average molecular weight is 385 g/mol. The molecule has 0 aromatic heterocycles. The van der Waals surface area contributed by atoms with E-state index in [1.54, 1.807) is 18.2 Å². The first kappa shape index (κ1) is 17.2. The van der Waals surface area contributed by atoms with Gasteiger partial charge >= 0.3 is 6.18 Å². The quantitative estimate of drug-likeness (QED) is 0.754.